The smallest absolute Gasteiger partial charge is 0.344 e. The van der Waals surface area contributed by atoms with Crippen molar-refractivity contribution in [3.8, 4) is 0 Å². The lowest BCUT2D eigenvalue weighted by Crippen LogP contribution is -2.19. The molecular formula is C14H15N5OS. The number of fused-ring (bicyclic) bond motifs is 1. The van der Waals surface area contributed by atoms with E-state index in [1.807, 2.05) is 38.1 Å². The molecule has 0 fully saturated rings. The summed E-state index contributed by atoms with van der Waals surface area (Å²) in [5, 5.41) is 8.05. The Kier molecular flexibility index (Phi) is 3.42. The number of aromatic nitrogens is 4. The van der Waals surface area contributed by atoms with E-state index in [2.05, 4.69) is 15.2 Å². The van der Waals surface area contributed by atoms with Crippen LogP contribution in [0.1, 0.15) is 19.9 Å². The maximum Gasteiger partial charge on any atom is 0.344 e. The molecule has 0 radical (unpaired) electrons. The van der Waals surface area contributed by atoms with Crippen molar-refractivity contribution >= 4 is 28.4 Å². The third kappa shape index (κ3) is 2.40. The van der Waals surface area contributed by atoms with Crippen LogP contribution in [0.5, 0.6) is 0 Å². The van der Waals surface area contributed by atoms with Gasteiger partial charge in [-0.3, -0.25) is 9.55 Å². The molecule has 3 aromatic rings. The Morgan fingerprint density at radius 1 is 1.33 bits per heavy atom. The Morgan fingerprint density at radius 2 is 2.14 bits per heavy atom. The molecule has 3 N–H and O–H groups in total. The van der Waals surface area contributed by atoms with Crippen LogP contribution in [-0.2, 0) is 0 Å². The van der Waals surface area contributed by atoms with Gasteiger partial charge in [-0.15, -0.1) is 5.10 Å². The van der Waals surface area contributed by atoms with E-state index in [0.717, 1.165) is 15.8 Å². The van der Waals surface area contributed by atoms with E-state index in [1.54, 1.807) is 10.8 Å². The fourth-order valence-electron chi connectivity index (χ4n) is 2.16. The quantitative estimate of drug-likeness (QED) is 0.725. The molecule has 7 heteroatoms. The molecule has 0 aliphatic carbocycles. The highest BCUT2D eigenvalue weighted by Gasteiger charge is 2.15. The number of nitrogen functional groups attached to an aromatic ring is 1. The Balaban J connectivity index is 2.07. The van der Waals surface area contributed by atoms with Crippen molar-refractivity contribution in [3.05, 3.63) is 40.9 Å². The SMILES string of the molecule is CC(C)n1c(Sc2ccc3ncccc3c2N)n[nH]c1=O. The summed E-state index contributed by atoms with van der Waals surface area (Å²) in [5.74, 6) is 0. The van der Waals surface area contributed by atoms with Gasteiger partial charge in [-0.25, -0.2) is 9.89 Å². The number of hydrogen-bond acceptors (Lipinski definition) is 5. The van der Waals surface area contributed by atoms with Crippen LogP contribution in [-0.4, -0.2) is 19.7 Å². The zero-order valence-corrected chi connectivity index (χ0v) is 12.5. The Labute approximate surface area is 125 Å². The first-order valence-electron chi connectivity index (χ1n) is 6.56. The predicted octanol–water partition coefficient (Wildman–Crippen LogP) is 2.43. The molecule has 2 heterocycles. The monoisotopic (exact) mass is 301 g/mol. The number of nitrogens with one attached hydrogen (secondary N) is 1. The lowest BCUT2D eigenvalue weighted by atomic mass is 10.2. The van der Waals surface area contributed by atoms with Crippen LogP contribution in [0.25, 0.3) is 10.9 Å². The van der Waals surface area contributed by atoms with Crippen molar-refractivity contribution in [3.63, 3.8) is 0 Å². The summed E-state index contributed by atoms with van der Waals surface area (Å²) < 4.78 is 1.61. The van der Waals surface area contributed by atoms with Gasteiger partial charge in [-0.05, 0) is 49.9 Å². The van der Waals surface area contributed by atoms with Crippen molar-refractivity contribution in [2.75, 3.05) is 5.73 Å². The van der Waals surface area contributed by atoms with Crippen molar-refractivity contribution in [1.29, 1.82) is 0 Å². The van der Waals surface area contributed by atoms with Gasteiger partial charge >= 0.3 is 5.69 Å². The van der Waals surface area contributed by atoms with Gasteiger partial charge in [0.05, 0.1) is 11.2 Å². The molecule has 0 saturated heterocycles. The largest absolute Gasteiger partial charge is 0.397 e. The van der Waals surface area contributed by atoms with Crippen molar-refractivity contribution in [1.82, 2.24) is 19.7 Å². The lowest BCUT2D eigenvalue weighted by molar-refractivity contribution is 0.534. The van der Waals surface area contributed by atoms with E-state index in [4.69, 9.17) is 5.73 Å². The van der Waals surface area contributed by atoms with Gasteiger partial charge < -0.3 is 5.73 Å². The molecular weight excluding hydrogens is 286 g/mol. The number of nitrogens with zero attached hydrogens (tertiary/aromatic N) is 3. The summed E-state index contributed by atoms with van der Waals surface area (Å²) in [4.78, 5) is 16.9. The van der Waals surface area contributed by atoms with Gasteiger partial charge in [0, 0.05) is 22.5 Å². The highest BCUT2D eigenvalue weighted by molar-refractivity contribution is 7.99. The summed E-state index contributed by atoms with van der Waals surface area (Å²) >= 11 is 1.37. The van der Waals surface area contributed by atoms with Gasteiger partial charge in [0.15, 0.2) is 5.16 Å². The predicted molar refractivity (Wildman–Crippen MR) is 83.5 cm³/mol. The van der Waals surface area contributed by atoms with Crippen molar-refractivity contribution in [2.24, 2.45) is 0 Å². The molecule has 0 aliphatic rings. The normalized spacial score (nSPS) is 11.4. The summed E-state index contributed by atoms with van der Waals surface area (Å²) in [6.07, 6.45) is 1.73. The first kappa shape index (κ1) is 13.7. The first-order chi connectivity index (χ1) is 10.1. The average Bonchev–Trinajstić information content (AvgIpc) is 2.83. The number of rotatable bonds is 3. The minimum Gasteiger partial charge on any atom is -0.397 e. The highest BCUT2D eigenvalue weighted by Crippen LogP contribution is 2.34. The van der Waals surface area contributed by atoms with Gasteiger partial charge in [0.25, 0.3) is 0 Å². The minimum absolute atomic E-state index is 0.0297. The topological polar surface area (TPSA) is 89.6 Å². The van der Waals surface area contributed by atoms with Crippen molar-refractivity contribution < 1.29 is 0 Å². The summed E-state index contributed by atoms with van der Waals surface area (Å²) in [6, 6.07) is 7.63. The third-order valence-electron chi connectivity index (χ3n) is 3.18. The molecule has 3 rings (SSSR count). The zero-order valence-electron chi connectivity index (χ0n) is 11.7. The molecule has 0 aliphatic heterocycles. The molecule has 2 aromatic heterocycles. The van der Waals surface area contributed by atoms with Crippen LogP contribution < -0.4 is 11.4 Å². The second-order valence-corrected chi connectivity index (χ2v) is 5.93. The van der Waals surface area contributed by atoms with E-state index in [1.165, 1.54) is 11.8 Å². The van der Waals surface area contributed by atoms with E-state index in [9.17, 15) is 4.79 Å². The van der Waals surface area contributed by atoms with Gasteiger partial charge in [-0.2, -0.15) is 0 Å². The molecule has 0 saturated carbocycles. The maximum atomic E-state index is 11.8. The third-order valence-corrected chi connectivity index (χ3v) is 4.22. The Morgan fingerprint density at radius 3 is 2.90 bits per heavy atom. The molecule has 21 heavy (non-hydrogen) atoms. The average molecular weight is 301 g/mol. The Hall–Kier alpha value is -2.28. The fourth-order valence-corrected chi connectivity index (χ4v) is 3.20. The van der Waals surface area contributed by atoms with E-state index in [0.29, 0.717) is 10.8 Å². The van der Waals surface area contributed by atoms with Crippen LogP contribution in [0.4, 0.5) is 5.69 Å². The summed E-state index contributed by atoms with van der Waals surface area (Å²) in [5.41, 5.74) is 7.50. The van der Waals surface area contributed by atoms with Gasteiger partial charge in [0.1, 0.15) is 0 Å². The van der Waals surface area contributed by atoms with Crippen LogP contribution in [0, 0.1) is 0 Å². The van der Waals surface area contributed by atoms with Gasteiger partial charge in [-0.1, -0.05) is 0 Å². The summed E-state index contributed by atoms with van der Waals surface area (Å²) in [7, 11) is 0. The molecule has 0 spiro atoms. The number of aromatic amines is 1. The molecule has 0 amide bonds. The zero-order chi connectivity index (χ0) is 15.0. The van der Waals surface area contributed by atoms with Crippen LogP contribution in [0.15, 0.2) is 45.3 Å². The van der Waals surface area contributed by atoms with E-state index >= 15 is 0 Å². The second-order valence-electron chi connectivity index (χ2n) is 4.92. The number of anilines is 1. The van der Waals surface area contributed by atoms with Crippen LogP contribution >= 0.6 is 11.8 Å². The number of hydrogen-bond donors (Lipinski definition) is 2. The number of H-pyrrole nitrogens is 1. The molecule has 0 unspecified atom stereocenters. The second kappa shape index (κ2) is 5.25. The van der Waals surface area contributed by atoms with Crippen LogP contribution in [0.2, 0.25) is 0 Å². The molecule has 6 nitrogen and oxygen atoms in total. The van der Waals surface area contributed by atoms with E-state index in [-0.39, 0.29) is 11.7 Å². The molecule has 108 valence electrons. The molecule has 1 aromatic carbocycles. The minimum atomic E-state index is -0.214. The standard InChI is InChI=1S/C14H15N5OS/c1-8(2)19-13(20)17-18-14(19)21-11-6-5-10-9(12(11)15)4-3-7-16-10/h3-8H,15H2,1-2H3,(H,17,20). The number of nitrogens with two attached hydrogens (primary N) is 1. The van der Waals surface area contributed by atoms with Crippen molar-refractivity contribution in [2.45, 2.75) is 29.9 Å². The summed E-state index contributed by atoms with van der Waals surface area (Å²) in [6.45, 7) is 3.88. The maximum absolute atomic E-state index is 11.8. The van der Waals surface area contributed by atoms with E-state index < -0.39 is 0 Å². The molecule has 0 atom stereocenters. The first-order valence-corrected chi connectivity index (χ1v) is 7.37. The lowest BCUT2D eigenvalue weighted by Gasteiger charge is -2.10. The van der Waals surface area contributed by atoms with Crippen LogP contribution in [0.3, 0.4) is 0 Å². The highest BCUT2D eigenvalue weighted by atomic mass is 32.2. The Bertz CT molecular complexity index is 852. The van der Waals surface area contributed by atoms with Gasteiger partial charge in [0.2, 0.25) is 0 Å². The number of benzene rings is 1. The number of pyridine rings is 1. The molecule has 0 bridgehead atoms. The fraction of sp³-hybridized carbons (Fsp3) is 0.214.